The molecule has 200 valence electrons. The van der Waals surface area contributed by atoms with Gasteiger partial charge in [-0.1, -0.05) is 144 Å². The number of hydrogen-bond acceptors (Lipinski definition) is 0. The standard InChI is InChI=1S/C37H48Si/c1-5-9-13-30-18-24-34(25-19-30)38(37-17-12-16-33(37)8-4,35-26-20-31(21-27-35)14-10-6-2)36-28-22-32(23-29-36)15-11-7-3/h12,16-29,37H,5-11,13-15H2,1-4H3. The lowest BCUT2D eigenvalue weighted by atomic mass is 10.1. The number of benzene rings is 3. The summed E-state index contributed by atoms with van der Waals surface area (Å²) in [6.45, 7) is 9.18. The molecule has 1 unspecified atom stereocenters. The lowest BCUT2D eigenvalue weighted by molar-refractivity contribution is 0.795. The molecule has 1 aliphatic rings. The first kappa shape index (κ1) is 28.4. The SMILES string of the molecule is CCCCc1ccc([Si](c2ccc(CCCC)cc2)(c2ccc(CCCC)cc2)C2C=CC=C2CC)cc1. The summed E-state index contributed by atoms with van der Waals surface area (Å²) in [6.07, 6.45) is 19.4. The van der Waals surface area contributed by atoms with E-state index in [1.165, 1.54) is 90.0 Å². The van der Waals surface area contributed by atoms with E-state index in [4.69, 9.17) is 0 Å². The van der Waals surface area contributed by atoms with Gasteiger partial charge in [0, 0.05) is 5.54 Å². The first-order chi connectivity index (χ1) is 18.7. The normalized spacial score (nSPS) is 15.2. The molecule has 0 N–H and O–H groups in total. The Bertz CT molecular complexity index is 1050. The molecule has 0 nitrogen and oxygen atoms in total. The molecular weight excluding hydrogens is 472 g/mol. The lowest BCUT2D eigenvalue weighted by Gasteiger charge is -2.40. The summed E-state index contributed by atoms with van der Waals surface area (Å²) < 4.78 is 0. The van der Waals surface area contributed by atoms with Crippen molar-refractivity contribution in [2.24, 2.45) is 0 Å². The molecule has 0 radical (unpaired) electrons. The molecule has 0 fully saturated rings. The van der Waals surface area contributed by atoms with Crippen molar-refractivity contribution in [1.82, 2.24) is 0 Å². The average Bonchev–Trinajstić information content (AvgIpc) is 3.45. The van der Waals surface area contributed by atoms with Crippen molar-refractivity contribution in [2.75, 3.05) is 0 Å². The molecule has 0 bridgehead atoms. The monoisotopic (exact) mass is 520 g/mol. The number of aryl methyl sites for hydroxylation is 3. The maximum Gasteiger partial charge on any atom is 0.158 e. The van der Waals surface area contributed by atoms with Crippen LogP contribution in [0, 0.1) is 0 Å². The average molecular weight is 521 g/mol. The van der Waals surface area contributed by atoms with Gasteiger partial charge in [-0.25, -0.2) is 0 Å². The van der Waals surface area contributed by atoms with Crippen LogP contribution in [0.5, 0.6) is 0 Å². The van der Waals surface area contributed by atoms with Crippen molar-refractivity contribution in [3.63, 3.8) is 0 Å². The maximum atomic E-state index is 2.52. The van der Waals surface area contributed by atoms with E-state index in [-0.39, 0.29) is 0 Å². The molecule has 0 spiro atoms. The Morgan fingerprint density at radius 3 is 1.21 bits per heavy atom. The summed E-state index contributed by atoms with van der Waals surface area (Å²) in [5, 5.41) is 4.61. The van der Waals surface area contributed by atoms with Gasteiger partial charge in [0.05, 0.1) is 0 Å². The van der Waals surface area contributed by atoms with E-state index >= 15 is 0 Å². The highest BCUT2D eigenvalue weighted by Crippen LogP contribution is 2.37. The Labute approximate surface area is 233 Å². The van der Waals surface area contributed by atoms with Gasteiger partial charge >= 0.3 is 0 Å². The van der Waals surface area contributed by atoms with Gasteiger partial charge in [-0.05, 0) is 77.2 Å². The number of hydrogen-bond donors (Lipinski definition) is 0. The Morgan fingerprint density at radius 2 is 0.895 bits per heavy atom. The molecule has 1 atom stereocenters. The van der Waals surface area contributed by atoms with E-state index in [2.05, 4.69) is 119 Å². The van der Waals surface area contributed by atoms with Crippen molar-refractivity contribution in [3.8, 4) is 0 Å². The van der Waals surface area contributed by atoms with E-state index in [0.717, 1.165) is 6.42 Å². The molecule has 0 saturated heterocycles. The molecule has 3 aromatic rings. The third kappa shape index (κ3) is 6.15. The molecule has 0 aliphatic heterocycles. The zero-order valence-corrected chi connectivity index (χ0v) is 25.3. The summed E-state index contributed by atoms with van der Waals surface area (Å²) >= 11 is 0. The van der Waals surface area contributed by atoms with Crippen molar-refractivity contribution >= 4 is 23.6 Å². The maximum absolute atomic E-state index is 2.52. The minimum atomic E-state index is -2.39. The van der Waals surface area contributed by atoms with E-state index in [0.29, 0.717) is 5.54 Å². The van der Waals surface area contributed by atoms with Gasteiger partial charge in [-0.3, -0.25) is 0 Å². The summed E-state index contributed by atoms with van der Waals surface area (Å²) in [4.78, 5) is 0. The molecule has 0 saturated carbocycles. The first-order valence-electron chi connectivity index (χ1n) is 15.3. The number of rotatable bonds is 14. The molecule has 0 amide bonds. The third-order valence-electron chi connectivity index (χ3n) is 8.57. The highest BCUT2D eigenvalue weighted by molar-refractivity contribution is 7.13. The van der Waals surface area contributed by atoms with Crippen LogP contribution in [0.15, 0.2) is 96.6 Å². The van der Waals surface area contributed by atoms with Gasteiger partial charge in [0.15, 0.2) is 8.07 Å². The van der Waals surface area contributed by atoms with Crippen molar-refractivity contribution in [2.45, 2.75) is 97.4 Å². The summed E-state index contributed by atoms with van der Waals surface area (Å²) in [5.74, 6) is 0. The molecule has 4 rings (SSSR count). The van der Waals surface area contributed by atoms with E-state index in [9.17, 15) is 0 Å². The molecule has 1 aliphatic carbocycles. The second-order valence-electron chi connectivity index (χ2n) is 11.2. The molecule has 1 heteroatoms. The van der Waals surface area contributed by atoms with Crippen molar-refractivity contribution in [1.29, 1.82) is 0 Å². The number of unbranched alkanes of at least 4 members (excludes halogenated alkanes) is 3. The second kappa shape index (κ2) is 13.9. The topological polar surface area (TPSA) is 0 Å². The van der Waals surface area contributed by atoms with Gasteiger partial charge in [0.2, 0.25) is 0 Å². The van der Waals surface area contributed by atoms with Gasteiger partial charge in [-0.15, -0.1) is 0 Å². The predicted molar refractivity (Wildman–Crippen MR) is 171 cm³/mol. The van der Waals surface area contributed by atoms with Gasteiger partial charge in [-0.2, -0.15) is 0 Å². The Balaban J connectivity index is 1.90. The van der Waals surface area contributed by atoms with Crippen molar-refractivity contribution in [3.05, 3.63) is 113 Å². The molecule has 0 aromatic heterocycles. The minimum absolute atomic E-state index is 0.442. The smallest absolute Gasteiger partial charge is 0.0790 e. The van der Waals surface area contributed by atoms with Crippen LogP contribution in [0.1, 0.15) is 89.3 Å². The van der Waals surface area contributed by atoms with Crippen LogP contribution in [0.2, 0.25) is 5.54 Å². The van der Waals surface area contributed by atoms with Crippen LogP contribution in [0.25, 0.3) is 0 Å². The highest BCUT2D eigenvalue weighted by Gasteiger charge is 2.47. The van der Waals surface area contributed by atoms with Gasteiger partial charge in [0.1, 0.15) is 0 Å². The van der Waals surface area contributed by atoms with Crippen LogP contribution in [0.3, 0.4) is 0 Å². The second-order valence-corrected chi connectivity index (χ2v) is 15.1. The highest BCUT2D eigenvalue weighted by atomic mass is 28.3. The van der Waals surface area contributed by atoms with E-state index in [1.807, 2.05) is 0 Å². The first-order valence-corrected chi connectivity index (χ1v) is 17.4. The van der Waals surface area contributed by atoms with Crippen LogP contribution >= 0.6 is 0 Å². The number of allylic oxidation sites excluding steroid dienone is 4. The van der Waals surface area contributed by atoms with Crippen LogP contribution in [-0.4, -0.2) is 8.07 Å². The van der Waals surface area contributed by atoms with Crippen molar-refractivity contribution < 1.29 is 0 Å². The summed E-state index contributed by atoms with van der Waals surface area (Å²) in [6, 6.07) is 29.5. The van der Waals surface area contributed by atoms with Crippen LogP contribution in [-0.2, 0) is 19.3 Å². The Kier molecular flexibility index (Phi) is 10.4. The fourth-order valence-corrected chi connectivity index (χ4v) is 11.7. The van der Waals surface area contributed by atoms with E-state index < -0.39 is 8.07 Å². The lowest BCUT2D eigenvalue weighted by Crippen LogP contribution is -2.69. The van der Waals surface area contributed by atoms with Gasteiger partial charge < -0.3 is 0 Å². The molecule has 38 heavy (non-hydrogen) atoms. The quantitative estimate of drug-likeness (QED) is 0.148. The minimum Gasteiger partial charge on any atom is -0.0790 e. The fourth-order valence-electron chi connectivity index (χ4n) is 6.26. The largest absolute Gasteiger partial charge is 0.158 e. The van der Waals surface area contributed by atoms with Crippen LogP contribution < -0.4 is 15.6 Å². The Hall–Kier alpha value is -2.64. The van der Waals surface area contributed by atoms with Crippen LogP contribution in [0.4, 0.5) is 0 Å². The Morgan fingerprint density at radius 1 is 0.526 bits per heavy atom. The fraction of sp³-hybridized carbons (Fsp3) is 0.405. The van der Waals surface area contributed by atoms with Gasteiger partial charge in [0.25, 0.3) is 0 Å². The summed E-state index contributed by atoms with van der Waals surface area (Å²) in [5.41, 5.74) is 6.43. The molecular formula is C37H48Si. The zero-order chi connectivity index (χ0) is 26.8. The molecule has 0 heterocycles. The third-order valence-corrected chi connectivity index (χ3v) is 13.8. The predicted octanol–water partition coefficient (Wildman–Crippen LogP) is 8.46. The zero-order valence-electron chi connectivity index (χ0n) is 24.3. The summed E-state index contributed by atoms with van der Waals surface area (Å²) in [7, 11) is -2.39. The molecule has 3 aromatic carbocycles. The van der Waals surface area contributed by atoms with E-state index in [1.54, 1.807) is 5.57 Å².